The number of hydrogen-bond donors (Lipinski definition) is 1. The van der Waals surface area contributed by atoms with Crippen LogP contribution in [-0.4, -0.2) is 40.5 Å². The maximum absolute atomic E-state index is 5.26. The summed E-state index contributed by atoms with van der Waals surface area (Å²) in [6, 6.07) is 3.69. The van der Waals surface area contributed by atoms with Crippen LogP contribution in [0.25, 0.3) is 11.5 Å². The molecule has 0 amide bonds. The molecule has 7 nitrogen and oxygen atoms in total. The SMILES string of the molecule is CNC(C)C(C)c1nc(-c2ccc(OC)nn2)no1. The summed E-state index contributed by atoms with van der Waals surface area (Å²) in [7, 11) is 3.43. The smallest absolute Gasteiger partial charge is 0.233 e. The molecule has 0 fully saturated rings. The van der Waals surface area contributed by atoms with Crippen molar-refractivity contribution in [3.8, 4) is 17.4 Å². The third kappa shape index (κ3) is 2.87. The van der Waals surface area contributed by atoms with Crippen molar-refractivity contribution in [2.75, 3.05) is 14.2 Å². The van der Waals surface area contributed by atoms with Crippen molar-refractivity contribution in [2.24, 2.45) is 0 Å². The zero-order valence-electron chi connectivity index (χ0n) is 11.4. The first-order valence-corrected chi connectivity index (χ1v) is 6.04. The monoisotopic (exact) mass is 263 g/mol. The van der Waals surface area contributed by atoms with E-state index in [0.29, 0.717) is 23.3 Å². The van der Waals surface area contributed by atoms with Gasteiger partial charge in [-0.3, -0.25) is 0 Å². The molecule has 0 bridgehead atoms. The van der Waals surface area contributed by atoms with Crippen LogP contribution < -0.4 is 10.1 Å². The molecule has 0 aliphatic carbocycles. The number of methoxy groups -OCH3 is 1. The Hall–Kier alpha value is -2.02. The highest BCUT2D eigenvalue weighted by Crippen LogP contribution is 2.20. The molecule has 0 aliphatic heterocycles. The van der Waals surface area contributed by atoms with Crippen LogP contribution in [-0.2, 0) is 0 Å². The van der Waals surface area contributed by atoms with Gasteiger partial charge >= 0.3 is 0 Å². The molecule has 2 heterocycles. The van der Waals surface area contributed by atoms with Gasteiger partial charge in [0.1, 0.15) is 5.69 Å². The van der Waals surface area contributed by atoms with E-state index in [9.17, 15) is 0 Å². The summed E-state index contributed by atoms with van der Waals surface area (Å²) >= 11 is 0. The molecule has 2 unspecified atom stereocenters. The van der Waals surface area contributed by atoms with Crippen LogP contribution in [0.15, 0.2) is 16.7 Å². The van der Waals surface area contributed by atoms with Crippen molar-refractivity contribution in [2.45, 2.75) is 25.8 Å². The molecule has 0 saturated heterocycles. The third-order valence-electron chi connectivity index (χ3n) is 3.11. The number of nitrogens with zero attached hydrogens (tertiary/aromatic N) is 4. The van der Waals surface area contributed by atoms with Gasteiger partial charge in [0.25, 0.3) is 0 Å². The summed E-state index contributed by atoms with van der Waals surface area (Å²) in [4.78, 5) is 4.34. The van der Waals surface area contributed by atoms with Crippen molar-refractivity contribution in [1.29, 1.82) is 0 Å². The van der Waals surface area contributed by atoms with E-state index in [2.05, 4.69) is 32.6 Å². The second-order valence-corrected chi connectivity index (χ2v) is 4.28. The van der Waals surface area contributed by atoms with Gasteiger partial charge < -0.3 is 14.6 Å². The van der Waals surface area contributed by atoms with Gasteiger partial charge in [-0.2, -0.15) is 4.98 Å². The highest BCUT2D eigenvalue weighted by atomic mass is 16.5. The topological polar surface area (TPSA) is 86.0 Å². The van der Waals surface area contributed by atoms with Gasteiger partial charge in [0, 0.05) is 12.1 Å². The van der Waals surface area contributed by atoms with Crippen molar-refractivity contribution >= 4 is 0 Å². The molecule has 102 valence electrons. The molecule has 2 rings (SSSR count). The second kappa shape index (κ2) is 5.75. The number of likely N-dealkylation sites (N-methyl/N-ethyl adjacent to an activating group) is 1. The van der Waals surface area contributed by atoms with Crippen LogP contribution in [0.4, 0.5) is 0 Å². The zero-order valence-corrected chi connectivity index (χ0v) is 11.4. The first-order valence-electron chi connectivity index (χ1n) is 6.04. The van der Waals surface area contributed by atoms with Gasteiger partial charge in [-0.1, -0.05) is 12.1 Å². The fourth-order valence-corrected chi connectivity index (χ4v) is 1.54. The summed E-state index contributed by atoms with van der Waals surface area (Å²) < 4.78 is 10.2. The van der Waals surface area contributed by atoms with E-state index in [-0.39, 0.29) is 12.0 Å². The van der Waals surface area contributed by atoms with Crippen LogP contribution in [0.5, 0.6) is 5.88 Å². The Bertz CT molecular complexity index is 525. The molecular formula is C12H17N5O2. The normalized spacial score (nSPS) is 14.1. The molecule has 0 aromatic carbocycles. The Morgan fingerprint density at radius 1 is 1.26 bits per heavy atom. The molecule has 2 atom stereocenters. The van der Waals surface area contributed by atoms with E-state index in [1.54, 1.807) is 12.1 Å². The standard InChI is InChI=1S/C12H17N5O2/c1-7(8(2)13-3)12-14-11(17-19-12)9-5-6-10(18-4)16-15-9/h5-8,13H,1-4H3. The van der Waals surface area contributed by atoms with Gasteiger partial charge in [-0.05, 0) is 20.0 Å². The predicted octanol–water partition coefficient (Wildman–Crippen LogP) is 1.25. The minimum absolute atomic E-state index is 0.123. The lowest BCUT2D eigenvalue weighted by atomic mass is 10.0. The minimum Gasteiger partial charge on any atom is -0.480 e. The fourth-order valence-electron chi connectivity index (χ4n) is 1.54. The van der Waals surface area contributed by atoms with E-state index in [1.807, 2.05) is 14.0 Å². The van der Waals surface area contributed by atoms with E-state index in [4.69, 9.17) is 9.26 Å². The molecule has 7 heteroatoms. The first kappa shape index (κ1) is 13.4. The number of ether oxygens (including phenoxy) is 1. The molecule has 1 N–H and O–H groups in total. The first-order chi connectivity index (χ1) is 9.15. The number of rotatable bonds is 5. The Kier molecular flexibility index (Phi) is 4.06. The maximum atomic E-state index is 5.26. The summed E-state index contributed by atoms with van der Waals surface area (Å²) in [5.41, 5.74) is 0.556. The Morgan fingerprint density at radius 3 is 2.63 bits per heavy atom. The number of nitrogens with one attached hydrogen (secondary N) is 1. The lowest BCUT2D eigenvalue weighted by molar-refractivity contribution is 0.336. The van der Waals surface area contributed by atoms with Crippen LogP contribution in [0.3, 0.4) is 0 Å². The lowest BCUT2D eigenvalue weighted by Crippen LogP contribution is -2.27. The van der Waals surface area contributed by atoms with Crippen molar-refractivity contribution in [3.05, 3.63) is 18.0 Å². The maximum Gasteiger partial charge on any atom is 0.233 e. The van der Waals surface area contributed by atoms with Gasteiger partial charge in [-0.25, -0.2) is 0 Å². The molecular weight excluding hydrogens is 246 g/mol. The molecule has 19 heavy (non-hydrogen) atoms. The average Bonchev–Trinajstić information content (AvgIpc) is 2.95. The zero-order chi connectivity index (χ0) is 13.8. The predicted molar refractivity (Wildman–Crippen MR) is 68.8 cm³/mol. The third-order valence-corrected chi connectivity index (χ3v) is 3.11. The van der Waals surface area contributed by atoms with Crippen LogP contribution >= 0.6 is 0 Å². The molecule has 0 radical (unpaired) electrons. The van der Waals surface area contributed by atoms with Crippen LogP contribution in [0.2, 0.25) is 0 Å². The molecule has 2 aromatic rings. The van der Waals surface area contributed by atoms with E-state index in [1.165, 1.54) is 7.11 Å². The van der Waals surface area contributed by atoms with Gasteiger partial charge in [-0.15, -0.1) is 10.2 Å². The molecule has 2 aromatic heterocycles. The number of hydrogen-bond acceptors (Lipinski definition) is 7. The van der Waals surface area contributed by atoms with Gasteiger partial charge in [0.2, 0.25) is 17.6 Å². The Balaban J connectivity index is 2.20. The van der Waals surface area contributed by atoms with E-state index >= 15 is 0 Å². The molecule has 0 saturated carbocycles. The largest absolute Gasteiger partial charge is 0.480 e. The van der Waals surface area contributed by atoms with Crippen molar-refractivity contribution in [1.82, 2.24) is 25.7 Å². The minimum atomic E-state index is 0.123. The van der Waals surface area contributed by atoms with E-state index in [0.717, 1.165) is 0 Å². The fraction of sp³-hybridized carbons (Fsp3) is 0.500. The quantitative estimate of drug-likeness (QED) is 0.868. The van der Waals surface area contributed by atoms with Crippen LogP contribution in [0, 0.1) is 0 Å². The van der Waals surface area contributed by atoms with Gasteiger partial charge in [0.15, 0.2) is 0 Å². The average molecular weight is 263 g/mol. The Labute approximate surface area is 111 Å². The van der Waals surface area contributed by atoms with Crippen molar-refractivity contribution in [3.63, 3.8) is 0 Å². The highest BCUT2D eigenvalue weighted by molar-refractivity contribution is 5.47. The van der Waals surface area contributed by atoms with Crippen molar-refractivity contribution < 1.29 is 9.26 Å². The summed E-state index contributed by atoms with van der Waals surface area (Å²) in [5, 5.41) is 14.9. The van der Waals surface area contributed by atoms with Gasteiger partial charge in [0.05, 0.1) is 13.0 Å². The van der Waals surface area contributed by atoms with E-state index < -0.39 is 0 Å². The summed E-state index contributed by atoms with van der Waals surface area (Å²) in [5.74, 6) is 1.58. The second-order valence-electron chi connectivity index (χ2n) is 4.28. The van der Waals surface area contributed by atoms with Crippen LogP contribution in [0.1, 0.15) is 25.7 Å². The lowest BCUT2D eigenvalue weighted by Gasteiger charge is -2.14. The Morgan fingerprint density at radius 2 is 2.05 bits per heavy atom. The summed E-state index contributed by atoms with van der Waals surface area (Å²) in [6.45, 7) is 4.08. The summed E-state index contributed by atoms with van der Waals surface area (Å²) in [6.07, 6.45) is 0. The molecule has 0 spiro atoms. The number of aromatic nitrogens is 4. The molecule has 0 aliphatic rings. The highest BCUT2D eigenvalue weighted by Gasteiger charge is 2.20.